The molecular formula is C10H25O5P. The summed E-state index contributed by atoms with van der Waals surface area (Å²) >= 11 is 0. The summed E-state index contributed by atoms with van der Waals surface area (Å²) in [6.45, 7) is 4.91. The van der Waals surface area contributed by atoms with Crippen LogP contribution in [0.4, 0.5) is 0 Å². The normalized spacial score (nSPS) is 11.2. The standard InChI is InChI=1S/C10H22O.H3O4P/c1-10(2)8-6-4-3-5-7-9-11;1-5(2,3)4/h10-11H,3-9H2,1-2H3;(H3,1,2,3,4). The fraction of sp³-hybridized carbons (Fsp3) is 1.00. The Morgan fingerprint density at radius 2 is 1.31 bits per heavy atom. The van der Waals surface area contributed by atoms with E-state index in [2.05, 4.69) is 13.8 Å². The number of aliphatic hydroxyl groups is 1. The van der Waals surface area contributed by atoms with Gasteiger partial charge in [0, 0.05) is 6.61 Å². The van der Waals surface area contributed by atoms with Gasteiger partial charge in [-0.05, 0) is 12.3 Å². The smallest absolute Gasteiger partial charge is 0.396 e. The molecule has 0 aliphatic heterocycles. The van der Waals surface area contributed by atoms with Gasteiger partial charge in [-0.2, -0.15) is 0 Å². The lowest BCUT2D eigenvalue weighted by Gasteiger charge is -2.03. The zero-order chi connectivity index (χ0) is 13.0. The van der Waals surface area contributed by atoms with Crippen molar-refractivity contribution in [2.45, 2.75) is 52.4 Å². The van der Waals surface area contributed by atoms with Gasteiger partial charge in [0.25, 0.3) is 0 Å². The van der Waals surface area contributed by atoms with E-state index >= 15 is 0 Å². The largest absolute Gasteiger partial charge is 0.466 e. The van der Waals surface area contributed by atoms with Crippen molar-refractivity contribution in [3.05, 3.63) is 0 Å². The van der Waals surface area contributed by atoms with Crippen LogP contribution < -0.4 is 0 Å². The highest BCUT2D eigenvalue weighted by molar-refractivity contribution is 7.45. The molecule has 0 spiro atoms. The predicted octanol–water partition coefficient (Wildman–Crippen LogP) is 2.05. The summed E-state index contributed by atoms with van der Waals surface area (Å²) in [4.78, 5) is 21.6. The minimum absolute atomic E-state index is 0.365. The van der Waals surface area contributed by atoms with Gasteiger partial charge in [0.05, 0.1) is 0 Å². The van der Waals surface area contributed by atoms with Crippen molar-refractivity contribution in [1.82, 2.24) is 0 Å². The SMILES string of the molecule is CC(C)CCCCCCCO.O=P(O)(O)O. The number of unbranched alkanes of at least 4 members (excludes halogenated alkanes) is 4. The fourth-order valence-electron chi connectivity index (χ4n) is 1.19. The Kier molecular flexibility index (Phi) is 13.3. The third-order valence-electron chi connectivity index (χ3n) is 1.94. The Hall–Kier alpha value is 0.0700. The van der Waals surface area contributed by atoms with Gasteiger partial charge < -0.3 is 19.8 Å². The van der Waals surface area contributed by atoms with Crippen LogP contribution in [-0.4, -0.2) is 26.4 Å². The Morgan fingerprint density at radius 1 is 0.938 bits per heavy atom. The van der Waals surface area contributed by atoms with Gasteiger partial charge in [0.15, 0.2) is 0 Å². The predicted molar refractivity (Wildman–Crippen MR) is 63.9 cm³/mol. The second-order valence-corrected chi connectivity index (χ2v) is 5.21. The number of phosphoric acid groups is 1. The summed E-state index contributed by atoms with van der Waals surface area (Å²) in [5, 5.41) is 8.51. The molecule has 0 aromatic carbocycles. The van der Waals surface area contributed by atoms with Gasteiger partial charge in [-0.1, -0.05) is 46.0 Å². The Balaban J connectivity index is 0. The molecule has 16 heavy (non-hydrogen) atoms. The molecule has 0 saturated heterocycles. The second-order valence-electron chi connectivity index (χ2n) is 4.19. The quantitative estimate of drug-likeness (QED) is 0.413. The van der Waals surface area contributed by atoms with Gasteiger partial charge in [0.1, 0.15) is 0 Å². The molecule has 4 N–H and O–H groups in total. The first-order valence-electron chi connectivity index (χ1n) is 5.66. The van der Waals surface area contributed by atoms with Crippen molar-refractivity contribution in [2.75, 3.05) is 6.61 Å². The molecule has 0 aliphatic carbocycles. The molecule has 0 amide bonds. The van der Waals surface area contributed by atoms with Crippen molar-refractivity contribution in [2.24, 2.45) is 5.92 Å². The van der Waals surface area contributed by atoms with Crippen molar-refractivity contribution >= 4 is 7.82 Å². The molecule has 5 nitrogen and oxygen atoms in total. The molecule has 0 aliphatic rings. The molecule has 0 radical (unpaired) electrons. The molecule has 0 aromatic heterocycles. The summed E-state index contributed by atoms with van der Waals surface area (Å²) in [7, 11) is -4.64. The average molecular weight is 256 g/mol. The van der Waals surface area contributed by atoms with Gasteiger partial charge in [0.2, 0.25) is 0 Å². The zero-order valence-electron chi connectivity index (χ0n) is 10.2. The lowest BCUT2D eigenvalue weighted by molar-refractivity contribution is 0.275. The van der Waals surface area contributed by atoms with Crippen LogP contribution in [0.25, 0.3) is 0 Å². The van der Waals surface area contributed by atoms with E-state index in [1.165, 1.54) is 32.1 Å². The Bertz CT molecular complexity index is 170. The van der Waals surface area contributed by atoms with Crippen LogP contribution >= 0.6 is 7.82 Å². The Morgan fingerprint density at radius 3 is 1.69 bits per heavy atom. The number of rotatable bonds is 7. The van der Waals surface area contributed by atoms with Crippen molar-refractivity contribution in [3.8, 4) is 0 Å². The first-order valence-corrected chi connectivity index (χ1v) is 7.23. The summed E-state index contributed by atoms with van der Waals surface area (Å²) in [6, 6.07) is 0. The van der Waals surface area contributed by atoms with Gasteiger partial charge in [-0.25, -0.2) is 4.57 Å². The highest BCUT2D eigenvalue weighted by Gasteiger charge is 2.00. The first-order chi connectivity index (χ1) is 7.27. The highest BCUT2D eigenvalue weighted by atomic mass is 31.2. The van der Waals surface area contributed by atoms with Crippen LogP contribution in [0, 0.1) is 5.92 Å². The molecule has 0 fully saturated rings. The molecule has 6 heteroatoms. The summed E-state index contributed by atoms with van der Waals surface area (Å²) in [6.07, 6.45) is 7.56. The van der Waals surface area contributed by atoms with Crippen LogP contribution in [0.2, 0.25) is 0 Å². The first kappa shape index (κ1) is 18.4. The summed E-state index contributed by atoms with van der Waals surface area (Å²) in [5.74, 6) is 0.854. The molecule has 0 aromatic rings. The monoisotopic (exact) mass is 256 g/mol. The molecule has 100 valence electrons. The van der Waals surface area contributed by atoms with Gasteiger partial charge in [-0.15, -0.1) is 0 Å². The lowest BCUT2D eigenvalue weighted by Crippen LogP contribution is -1.88. The molecule has 0 heterocycles. The van der Waals surface area contributed by atoms with Gasteiger partial charge in [-0.3, -0.25) is 0 Å². The van der Waals surface area contributed by atoms with E-state index in [0.717, 1.165) is 12.3 Å². The minimum atomic E-state index is -4.64. The van der Waals surface area contributed by atoms with Crippen molar-refractivity contribution in [1.29, 1.82) is 0 Å². The van der Waals surface area contributed by atoms with E-state index in [1.807, 2.05) is 0 Å². The van der Waals surface area contributed by atoms with E-state index < -0.39 is 7.82 Å². The van der Waals surface area contributed by atoms with E-state index in [0.29, 0.717) is 6.61 Å². The van der Waals surface area contributed by atoms with Crippen LogP contribution in [-0.2, 0) is 4.57 Å². The fourth-order valence-corrected chi connectivity index (χ4v) is 1.19. The van der Waals surface area contributed by atoms with E-state index in [-0.39, 0.29) is 0 Å². The maximum atomic E-state index is 8.88. The molecule has 0 unspecified atom stereocenters. The molecule has 0 rings (SSSR count). The maximum absolute atomic E-state index is 8.88. The summed E-state index contributed by atoms with van der Waals surface area (Å²) in [5.41, 5.74) is 0. The highest BCUT2D eigenvalue weighted by Crippen LogP contribution is 2.25. The molecule has 0 saturated carbocycles. The molecule has 0 atom stereocenters. The van der Waals surface area contributed by atoms with Crippen LogP contribution in [0.15, 0.2) is 0 Å². The third-order valence-corrected chi connectivity index (χ3v) is 1.94. The van der Waals surface area contributed by atoms with Crippen LogP contribution in [0.5, 0.6) is 0 Å². The number of hydrogen-bond acceptors (Lipinski definition) is 2. The maximum Gasteiger partial charge on any atom is 0.466 e. The van der Waals surface area contributed by atoms with E-state index in [9.17, 15) is 0 Å². The van der Waals surface area contributed by atoms with Crippen LogP contribution in [0.3, 0.4) is 0 Å². The molecule has 0 bridgehead atoms. The van der Waals surface area contributed by atoms with E-state index in [4.69, 9.17) is 24.4 Å². The zero-order valence-corrected chi connectivity index (χ0v) is 11.1. The third kappa shape index (κ3) is 36.9. The topological polar surface area (TPSA) is 98.0 Å². The number of aliphatic hydroxyl groups excluding tert-OH is 1. The minimum Gasteiger partial charge on any atom is -0.396 e. The van der Waals surface area contributed by atoms with Gasteiger partial charge >= 0.3 is 7.82 Å². The second kappa shape index (κ2) is 11.6. The summed E-state index contributed by atoms with van der Waals surface area (Å²) < 4.78 is 8.88. The van der Waals surface area contributed by atoms with E-state index in [1.54, 1.807) is 0 Å². The van der Waals surface area contributed by atoms with Crippen LogP contribution in [0.1, 0.15) is 52.4 Å². The van der Waals surface area contributed by atoms with Crippen molar-refractivity contribution in [3.63, 3.8) is 0 Å². The number of hydrogen-bond donors (Lipinski definition) is 4. The molecular weight excluding hydrogens is 231 g/mol. The van der Waals surface area contributed by atoms with Crippen molar-refractivity contribution < 1.29 is 24.4 Å². The Labute approximate surface area is 97.8 Å². The lowest BCUT2D eigenvalue weighted by atomic mass is 10.0. The average Bonchev–Trinajstić information content (AvgIpc) is 2.08.